The maximum absolute atomic E-state index is 2.61. The van der Waals surface area contributed by atoms with E-state index in [1.54, 1.807) is 57.8 Å². The van der Waals surface area contributed by atoms with Crippen LogP contribution >= 0.6 is 0 Å². The Morgan fingerprint density at radius 2 is 1.28 bits per heavy atom. The summed E-state index contributed by atoms with van der Waals surface area (Å²) in [4.78, 5) is 0. The fourth-order valence-electron chi connectivity index (χ4n) is 10.4. The first-order valence-electron chi connectivity index (χ1n) is 17.1. The van der Waals surface area contributed by atoms with Crippen LogP contribution in [0.3, 0.4) is 0 Å². The van der Waals surface area contributed by atoms with Crippen LogP contribution in [0.4, 0.5) is 0 Å². The summed E-state index contributed by atoms with van der Waals surface area (Å²) in [5, 5.41) is 0. The Kier molecular flexibility index (Phi) is 8.32. The normalized spacial score (nSPS) is 49.2. The lowest BCUT2D eigenvalue weighted by atomic mass is 9.62. The SMILES string of the molecule is CC(C)CCCC1C(C)C1CCC1(C(C)C)CCC2C(CCC3CC(CCC4C(C)C4C)C3C)C2C1. The molecular weight excluding hydrogens is 432 g/mol. The molecule has 12 unspecified atom stereocenters. The first-order valence-corrected chi connectivity index (χ1v) is 17.1. The molecule has 5 saturated carbocycles. The van der Waals surface area contributed by atoms with E-state index in [0.717, 1.165) is 82.9 Å². The lowest BCUT2D eigenvalue weighted by Gasteiger charge is -2.43. The van der Waals surface area contributed by atoms with Crippen LogP contribution in [0.5, 0.6) is 0 Å². The van der Waals surface area contributed by atoms with Crippen molar-refractivity contribution in [1.82, 2.24) is 0 Å². The van der Waals surface area contributed by atoms with E-state index < -0.39 is 0 Å². The highest BCUT2D eigenvalue weighted by Gasteiger charge is 2.57. The molecule has 0 heteroatoms. The molecular formula is C36H64. The van der Waals surface area contributed by atoms with Gasteiger partial charge in [-0.05, 0) is 159 Å². The molecule has 5 aliphatic carbocycles. The van der Waals surface area contributed by atoms with Crippen molar-refractivity contribution in [2.24, 2.45) is 88.3 Å². The lowest BCUT2D eigenvalue weighted by Crippen LogP contribution is -2.34. The molecule has 0 radical (unpaired) electrons. The van der Waals surface area contributed by atoms with E-state index in [1.807, 2.05) is 0 Å². The standard InChI is InChI=1S/C36H64/c1-22(2)10-9-11-31-27(8)32(31)16-18-36(23(3)4)19-17-34-33(35(34)21-36)15-13-29-20-28(26(29)7)12-14-30-24(5)25(30)6/h22-35H,9-21H2,1-8H3. The van der Waals surface area contributed by atoms with Crippen LogP contribution in [-0.4, -0.2) is 0 Å². The zero-order chi connectivity index (χ0) is 25.8. The summed E-state index contributed by atoms with van der Waals surface area (Å²) in [5.74, 6) is 14.6. The van der Waals surface area contributed by atoms with Gasteiger partial charge in [-0.3, -0.25) is 0 Å². The molecule has 0 amide bonds. The number of rotatable bonds is 14. The molecule has 0 spiro atoms. The van der Waals surface area contributed by atoms with Gasteiger partial charge in [-0.2, -0.15) is 0 Å². The van der Waals surface area contributed by atoms with Gasteiger partial charge in [-0.15, -0.1) is 0 Å². The Morgan fingerprint density at radius 1 is 0.639 bits per heavy atom. The molecule has 0 aromatic heterocycles. The average Bonchev–Trinajstić information content (AvgIpc) is 3.78. The van der Waals surface area contributed by atoms with Gasteiger partial charge in [-0.25, -0.2) is 0 Å². The van der Waals surface area contributed by atoms with Gasteiger partial charge in [0.1, 0.15) is 0 Å². The lowest BCUT2D eigenvalue weighted by molar-refractivity contribution is 0.0655. The van der Waals surface area contributed by atoms with Gasteiger partial charge >= 0.3 is 0 Å². The highest BCUT2D eigenvalue weighted by atomic mass is 14.6. The number of hydrogen-bond donors (Lipinski definition) is 0. The third kappa shape index (κ3) is 5.64. The smallest absolute Gasteiger partial charge is 0.0271 e. The van der Waals surface area contributed by atoms with Crippen molar-refractivity contribution in [1.29, 1.82) is 0 Å². The van der Waals surface area contributed by atoms with Gasteiger partial charge in [0.2, 0.25) is 0 Å². The van der Waals surface area contributed by atoms with E-state index in [-0.39, 0.29) is 0 Å². The molecule has 0 aromatic rings. The summed E-state index contributed by atoms with van der Waals surface area (Å²) in [5.41, 5.74) is 0.687. The van der Waals surface area contributed by atoms with E-state index in [0.29, 0.717) is 5.41 Å². The highest BCUT2D eigenvalue weighted by Crippen LogP contribution is 2.66. The molecule has 5 aliphatic rings. The van der Waals surface area contributed by atoms with E-state index in [2.05, 4.69) is 55.4 Å². The highest BCUT2D eigenvalue weighted by molar-refractivity contribution is 5.07. The predicted octanol–water partition coefficient (Wildman–Crippen LogP) is 10.9. The van der Waals surface area contributed by atoms with E-state index in [9.17, 15) is 0 Å². The molecule has 0 saturated heterocycles. The molecule has 0 aromatic carbocycles. The Morgan fingerprint density at radius 3 is 1.86 bits per heavy atom. The Hall–Kier alpha value is 0. The van der Waals surface area contributed by atoms with Crippen molar-refractivity contribution in [2.75, 3.05) is 0 Å². The summed E-state index contributed by atoms with van der Waals surface area (Å²) < 4.78 is 0. The van der Waals surface area contributed by atoms with Gasteiger partial charge < -0.3 is 0 Å². The maximum atomic E-state index is 2.61. The largest absolute Gasteiger partial charge is 0.0628 e. The molecule has 5 fully saturated rings. The van der Waals surface area contributed by atoms with Crippen LogP contribution in [0.1, 0.15) is 139 Å². The summed E-state index contributed by atoms with van der Waals surface area (Å²) >= 11 is 0. The van der Waals surface area contributed by atoms with Crippen molar-refractivity contribution in [3.8, 4) is 0 Å². The predicted molar refractivity (Wildman–Crippen MR) is 157 cm³/mol. The van der Waals surface area contributed by atoms with Crippen LogP contribution in [0.2, 0.25) is 0 Å². The Balaban J connectivity index is 1.02. The number of fused-ring (bicyclic) bond motifs is 1. The second-order valence-electron chi connectivity index (χ2n) is 16.5. The third-order valence-electron chi connectivity index (χ3n) is 14.3. The molecule has 0 aliphatic heterocycles. The van der Waals surface area contributed by atoms with Crippen molar-refractivity contribution in [3.05, 3.63) is 0 Å². The molecule has 12 atom stereocenters. The van der Waals surface area contributed by atoms with Crippen LogP contribution in [-0.2, 0) is 0 Å². The van der Waals surface area contributed by atoms with Gasteiger partial charge in [0, 0.05) is 0 Å². The van der Waals surface area contributed by atoms with Crippen molar-refractivity contribution in [3.63, 3.8) is 0 Å². The molecule has 36 heavy (non-hydrogen) atoms. The maximum Gasteiger partial charge on any atom is -0.0271 e. The summed E-state index contributed by atoms with van der Waals surface area (Å²) in [6.07, 6.45) is 20.1. The second-order valence-corrected chi connectivity index (χ2v) is 16.5. The fourth-order valence-corrected chi connectivity index (χ4v) is 10.4. The average molecular weight is 497 g/mol. The van der Waals surface area contributed by atoms with E-state index in [1.165, 1.54) is 25.7 Å². The second kappa shape index (κ2) is 10.9. The molecule has 0 heterocycles. The summed E-state index contributed by atoms with van der Waals surface area (Å²) in [6, 6.07) is 0. The summed E-state index contributed by atoms with van der Waals surface area (Å²) in [7, 11) is 0. The Bertz CT molecular complexity index is 712. The zero-order valence-corrected chi connectivity index (χ0v) is 25.8. The number of hydrogen-bond acceptors (Lipinski definition) is 0. The zero-order valence-electron chi connectivity index (χ0n) is 25.8. The van der Waals surface area contributed by atoms with Crippen LogP contribution in [0.25, 0.3) is 0 Å². The van der Waals surface area contributed by atoms with Gasteiger partial charge in [0.25, 0.3) is 0 Å². The van der Waals surface area contributed by atoms with Crippen LogP contribution < -0.4 is 0 Å². The molecule has 0 bridgehead atoms. The van der Waals surface area contributed by atoms with Crippen molar-refractivity contribution in [2.45, 2.75) is 139 Å². The van der Waals surface area contributed by atoms with Crippen molar-refractivity contribution < 1.29 is 0 Å². The minimum atomic E-state index is 0.687. The first-order chi connectivity index (χ1) is 17.1. The topological polar surface area (TPSA) is 0 Å². The fraction of sp³-hybridized carbons (Fsp3) is 1.00. The Labute approximate surface area is 226 Å². The van der Waals surface area contributed by atoms with E-state index >= 15 is 0 Å². The summed E-state index contributed by atoms with van der Waals surface area (Å²) in [6.45, 7) is 20.1. The first kappa shape index (κ1) is 27.6. The monoisotopic (exact) mass is 497 g/mol. The van der Waals surface area contributed by atoms with Crippen LogP contribution in [0.15, 0.2) is 0 Å². The minimum Gasteiger partial charge on any atom is -0.0628 e. The minimum absolute atomic E-state index is 0.687. The third-order valence-corrected chi connectivity index (χ3v) is 14.3. The van der Waals surface area contributed by atoms with E-state index in [4.69, 9.17) is 0 Å². The molecule has 5 rings (SSSR count). The van der Waals surface area contributed by atoms with Gasteiger partial charge in [0.15, 0.2) is 0 Å². The molecule has 0 N–H and O–H groups in total. The van der Waals surface area contributed by atoms with Crippen molar-refractivity contribution >= 4 is 0 Å². The van der Waals surface area contributed by atoms with Gasteiger partial charge in [0.05, 0.1) is 0 Å². The van der Waals surface area contributed by atoms with Gasteiger partial charge in [-0.1, -0.05) is 68.2 Å². The molecule has 0 nitrogen and oxygen atoms in total. The quantitative estimate of drug-likeness (QED) is 0.224. The van der Waals surface area contributed by atoms with Crippen LogP contribution in [0, 0.1) is 88.3 Å². The molecule has 208 valence electrons.